The summed E-state index contributed by atoms with van der Waals surface area (Å²) in [6.07, 6.45) is 3.24. The lowest BCUT2D eigenvalue weighted by Crippen LogP contribution is -2.19. The number of hydrogen-bond acceptors (Lipinski definition) is 5. The monoisotopic (exact) mass is 370 g/mol. The van der Waals surface area contributed by atoms with Crippen molar-refractivity contribution in [3.63, 3.8) is 0 Å². The topological polar surface area (TPSA) is 59.9 Å². The summed E-state index contributed by atoms with van der Waals surface area (Å²) in [6, 6.07) is 15.4. The molecule has 136 valence electrons. The van der Waals surface area contributed by atoms with Crippen molar-refractivity contribution in [3.05, 3.63) is 72.3 Å². The molecular formula is C20H22N2O3S. The summed E-state index contributed by atoms with van der Waals surface area (Å²) in [5.41, 5.74) is 4.52. The van der Waals surface area contributed by atoms with Crippen molar-refractivity contribution in [1.29, 1.82) is 0 Å². The molecule has 0 fully saturated rings. The van der Waals surface area contributed by atoms with Gasteiger partial charge in [0.05, 0.1) is 19.1 Å². The SMILES string of the molecule is C=CCOc1ccc(/C=N/NC(=O)CSCc2ccccc2)cc1OC. The Hall–Kier alpha value is -2.73. The van der Waals surface area contributed by atoms with Crippen LogP contribution < -0.4 is 14.9 Å². The minimum atomic E-state index is -0.139. The van der Waals surface area contributed by atoms with E-state index in [1.54, 1.807) is 43.3 Å². The molecule has 0 bridgehead atoms. The third kappa shape index (κ3) is 6.64. The van der Waals surface area contributed by atoms with E-state index in [1.165, 1.54) is 5.56 Å². The highest BCUT2D eigenvalue weighted by molar-refractivity contribution is 7.99. The molecule has 26 heavy (non-hydrogen) atoms. The van der Waals surface area contributed by atoms with Gasteiger partial charge >= 0.3 is 0 Å². The van der Waals surface area contributed by atoms with E-state index in [1.807, 2.05) is 36.4 Å². The van der Waals surface area contributed by atoms with Gasteiger partial charge in [-0.05, 0) is 29.3 Å². The Morgan fingerprint density at radius 1 is 1.23 bits per heavy atom. The third-order valence-corrected chi connectivity index (χ3v) is 4.30. The van der Waals surface area contributed by atoms with E-state index in [0.29, 0.717) is 23.9 Å². The molecular weight excluding hydrogens is 348 g/mol. The molecule has 0 aromatic heterocycles. The molecule has 1 N–H and O–H groups in total. The molecule has 0 radical (unpaired) electrons. The second-order valence-electron chi connectivity index (χ2n) is 5.28. The lowest BCUT2D eigenvalue weighted by molar-refractivity contribution is -0.118. The smallest absolute Gasteiger partial charge is 0.250 e. The molecule has 2 rings (SSSR count). The molecule has 6 heteroatoms. The van der Waals surface area contributed by atoms with Crippen LogP contribution in [0.1, 0.15) is 11.1 Å². The fourth-order valence-corrected chi connectivity index (χ4v) is 2.86. The van der Waals surface area contributed by atoms with Crippen LogP contribution in [0.4, 0.5) is 0 Å². The standard InChI is InChI=1S/C20H22N2O3S/c1-3-11-25-18-10-9-17(12-19(18)24-2)13-21-22-20(23)15-26-14-16-7-5-4-6-8-16/h3-10,12-13H,1,11,14-15H2,2H3,(H,22,23)/b21-13+. The lowest BCUT2D eigenvalue weighted by atomic mass is 10.2. The first-order valence-corrected chi connectivity index (χ1v) is 9.23. The van der Waals surface area contributed by atoms with Crippen LogP contribution in [0, 0.1) is 0 Å². The minimum absolute atomic E-state index is 0.139. The quantitative estimate of drug-likeness (QED) is 0.394. The van der Waals surface area contributed by atoms with Crippen LogP contribution in [0.3, 0.4) is 0 Å². The van der Waals surface area contributed by atoms with Crippen molar-refractivity contribution in [2.75, 3.05) is 19.5 Å². The van der Waals surface area contributed by atoms with E-state index < -0.39 is 0 Å². The maximum atomic E-state index is 11.8. The number of thioether (sulfide) groups is 1. The Morgan fingerprint density at radius 2 is 2.04 bits per heavy atom. The molecule has 0 atom stereocenters. The Bertz CT molecular complexity index is 748. The maximum absolute atomic E-state index is 11.8. The molecule has 1 amide bonds. The van der Waals surface area contributed by atoms with Crippen LogP contribution in [0.25, 0.3) is 0 Å². The average Bonchev–Trinajstić information content (AvgIpc) is 2.67. The number of methoxy groups -OCH3 is 1. The van der Waals surface area contributed by atoms with Crippen LogP contribution in [0.5, 0.6) is 11.5 Å². The summed E-state index contributed by atoms with van der Waals surface area (Å²) < 4.78 is 10.8. The van der Waals surface area contributed by atoms with Gasteiger partial charge in [-0.25, -0.2) is 5.43 Å². The molecule has 0 saturated carbocycles. The van der Waals surface area contributed by atoms with Crippen LogP contribution in [0.2, 0.25) is 0 Å². The number of nitrogens with one attached hydrogen (secondary N) is 1. The van der Waals surface area contributed by atoms with Gasteiger partial charge in [0.15, 0.2) is 11.5 Å². The molecule has 0 aliphatic carbocycles. The van der Waals surface area contributed by atoms with Gasteiger partial charge < -0.3 is 9.47 Å². The lowest BCUT2D eigenvalue weighted by Gasteiger charge is -2.09. The first kappa shape index (κ1) is 19.6. The molecule has 2 aromatic rings. The van der Waals surface area contributed by atoms with Crippen LogP contribution >= 0.6 is 11.8 Å². The summed E-state index contributed by atoms with van der Waals surface area (Å²) in [5, 5.41) is 3.98. The normalized spacial score (nSPS) is 10.5. The number of amides is 1. The van der Waals surface area contributed by atoms with Gasteiger partial charge in [0.1, 0.15) is 6.61 Å². The van der Waals surface area contributed by atoms with Gasteiger partial charge in [-0.15, -0.1) is 11.8 Å². The van der Waals surface area contributed by atoms with Gasteiger partial charge in [-0.2, -0.15) is 5.10 Å². The third-order valence-electron chi connectivity index (χ3n) is 3.29. The molecule has 5 nitrogen and oxygen atoms in total. The van der Waals surface area contributed by atoms with Gasteiger partial charge in [0, 0.05) is 5.75 Å². The number of carbonyl (C=O) groups excluding carboxylic acids is 1. The largest absolute Gasteiger partial charge is 0.493 e. The van der Waals surface area contributed by atoms with Crippen LogP contribution in [-0.2, 0) is 10.5 Å². The molecule has 0 saturated heterocycles. The van der Waals surface area contributed by atoms with E-state index in [2.05, 4.69) is 17.1 Å². The number of ether oxygens (including phenoxy) is 2. The van der Waals surface area contributed by atoms with Crippen molar-refractivity contribution in [3.8, 4) is 11.5 Å². The van der Waals surface area contributed by atoms with Gasteiger partial charge in [-0.3, -0.25) is 4.79 Å². The second kappa shape index (κ2) is 11.0. The van der Waals surface area contributed by atoms with Crippen molar-refractivity contribution in [2.45, 2.75) is 5.75 Å². The van der Waals surface area contributed by atoms with E-state index >= 15 is 0 Å². The van der Waals surface area contributed by atoms with Crippen molar-refractivity contribution in [1.82, 2.24) is 5.43 Å². The van der Waals surface area contributed by atoms with Crippen LogP contribution in [-0.4, -0.2) is 31.6 Å². The Labute approximate surface area is 158 Å². The summed E-state index contributed by atoms with van der Waals surface area (Å²) in [7, 11) is 1.57. The first-order valence-electron chi connectivity index (χ1n) is 8.08. The summed E-state index contributed by atoms with van der Waals surface area (Å²) in [5.74, 6) is 2.23. The van der Waals surface area contributed by atoms with E-state index in [9.17, 15) is 4.79 Å². The number of hydrazone groups is 1. The molecule has 0 spiro atoms. The zero-order valence-corrected chi connectivity index (χ0v) is 15.5. The zero-order chi connectivity index (χ0) is 18.6. The predicted octanol–water partition coefficient (Wildman–Crippen LogP) is 3.64. The van der Waals surface area contributed by atoms with Crippen molar-refractivity contribution < 1.29 is 14.3 Å². The number of hydrogen-bond donors (Lipinski definition) is 1. The fourth-order valence-electron chi connectivity index (χ4n) is 2.08. The molecule has 0 aliphatic heterocycles. The van der Waals surface area contributed by atoms with Crippen LogP contribution in [0.15, 0.2) is 66.3 Å². The molecule has 0 heterocycles. The highest BCUT2D eigenvalue weighted by Crippen LogP contribution is 2.27. The van der Waals surface area contributed by atoms with Crippen molar-refractivity contribution in [2.24, 2.45) is 5.10 Å². The Morgan fingerprint density at radius 3 is 2.77 bits per heavy atom. The number of rotatable bonds is 10. The fraction of sp³-hybridized carbons (Fsp3) is 0.200. The maximum Gasteiger partial charge on any atom is 0.250 e. The molecule has 2 aromatic carbocycles. The first-order chi connectivity index (χ1) is 12.7. The predicted molar refractivity (Wildman–Crippen MR) is 107 cm³/mol. The second-order valence-corrected chi connectivity index (χ2v) is 6.27. The van der Waals surface area contributed by atoms with Gasteiger partial charge in [0.2, 0.25) is 5.91 Å². The van der Waals surface area contributed by atoms with Gasteiger partial charge in [-0.1, -0.05) is 43.0 Å². The number of nitrogens with zero attached hydrogens (tertiary/aromatic N) is 1. The highest BCUT2D eigenvalue weighted by Gasteiger charge is 2.05. The average molecular weight is 370 g/mol. The molecule has 0 aliphatic rings. The minimum Gasteiger partial charge on any atom is -0.493 e. The summed E-state index contributed by atoms with van der Waals surface area (Å²) in [6.45, 7) is 4.02. The van der Waals surface area contributed by atoms with Crippen molar-refractivity contribution >= 4 is 23.9 Å². The summed E-state index contributed by atoms with van der Waals surface area (Å²) in [4.78, 5) is 11.8. The number of benzene rings is 2. The van der Waals surface area contributed by atoms with Gasteiger partial charge in [0.25, 0.3) is 0 Å². The highest BCUT2D eigenvalue weighted by atomic mass is 32.2. The molecule has 0 unspecified atom stereocenters. The van der Waals surface area contributed by atoms with E-state index in [-0.39, 0.29) is 5.91 Å². The number of carbonyl (C=O) groups is 1. The zero-order valence-electron chi connectivity index (χ0n) is 14.7. The van der Waals surface area contributed by atoms with E-state index in [0.717, 1.165) is 11.3 Å². The summed E-state index contributed by atoms with van der Waals surface area (Å²) >= 11 is 1.55. The Kier molecular flexibility index (Phi) is 8.29. The van der Waals surface area contributed by atoms with E-state index in [4.69, 9.17) is 9.47 Å². The Balaban J connectivity index is 1.79.